The van der Waals surface area contributed by atoms with E-state index in [1.165, 1.54) is 10.7 Å². The van der Waals surface area contributed by atoms with Crippen LogP contribution in [0.2, 0.25) is 0 Å². The van der Waals surface area contributed by atoms with E-state index in [4.69, 9.17) is 0 Å². The molecule has 184 valence electrons. The Bertz CT molecular complexity index is 1520. The van der Waals surface area contributed by atoms with Crippen LogP contribution in [-0.4, -0.2) is 34.7 Å². The second kappa shape index (κ2) is 8.82. The Kier molecular flexibility index (Phi) is 5.78. The Morgan fingerprint density at radius 2 is 1.89 bits per heavy atom. The Balaban J connectivity index is 1.54. The summed E-state index contributed by atoms with van der Waals surface area (Å²) in [5.41, 5.74) is 0.0203. The highest BCUT2D eigenvalue weighted by Gasteiger charge is 2.38. The zero-order chi connectivity index (χ0) is 25.6. The van der Waals surface area contributed by atoms with Gasteiger partial charge in [-0.25, -0.2) is 19.6 Å². The number of fused-ring (bicyclic) bond motifs is 1. The molecule has 4 aromatic rings. The van der Waals surface area contributed by atoms with Gasteiger partial charge in [0.15, 0.2) is 11.3 Å². The molecule has 12 heteroatoms. The summed E-state index contributed by atoms with van der Waals surface area (Å²) < 4.78 is 40.2. The van der Waals surface area contributed by atoms with Crippen molar-refractivity contribution in [3.8, 4) is 6.07 Å². The second-order valence-electron chi connectivity index (χ2n) is 8.80. The number of H-pyrrole nitrogens is 1. The number of aryl methyl sites for hydroxylation is 1. The van der Waals surface area contributed by atoms with E-state index in [-0.39, 0.29) is 28.6 Å². The number of alkyl halides is 3. The average Bonchev–Trinajstić information content (AvgIpc) is 3.22. The van der Waals surface area contributed by atoms with Crippen LogP contribution in [0.4, 0.5) is 13.2 Å². The third-order valence-corrected chi connectivity index (χ3v) is 6.70. The number of nitrogens with one attached hydrogen (secondary N) is 1. The first kappa shape index (κ1) is 23.6. The summed E-state index contributed by atoms with van der Waals surface area (Å²) in [5.74, 6) is 0.989. The lowest BCUT2D eigenvalue weighted by Crippen LogP contribution is -2.28. The fraction of sp³-hybridized carbons (Fsp3) is 0.375. The predicted molar refractivity (Wildman–Crippen MR) is 122 cm³/mol. The lowest BCUT2D eigenvalue weighted by atomic mass is 9.72. The summed E-state index contributed by atoms with van der Waals surface area (Å²) >= 11 is 0. The van der Waals surface area contributed by atoms with Crippen LogP contribution in [0.5, 0.6) is 0 Å². The molecule has 0 unspecified atom stereocenters. The molecule has 5 rings (SSSR count). The van der Waals surface area contributed by atoms with Gasteiger partial charge in [-0.15, -0.1) is 0 Å². The molecule has 0 radical (unpaired) electrons. The lowest BCUT2D eigenvalue weighted by Gasteiger charge is -2.34. The molecule has 0 aliphatic heterocycles. The molecule has 1 fully saturated rings. The SMILES string of the molecule is CCc1cnc([C@@H]2CC[C@H]2c2nc3c(c(C#N)nn3[C@@H](C)c3ccc(C(F)(F)F)nc3)c(=O)[nH]2)nc1. The van der Waals surface area contributed by atoms with Gasteiger partial charge in [0.05, 0.1) is 6.04 Å². The van der Waals surface area contributed by atoms with E-state index < -0.39 is 23.5 Å². The number of hydrogen-bond donors (Lipinski definition) is 1. The topological polar surface area (TPSA) is 126 Å². The second-order valence-corrected chi connectivity index (χ2v) is 8.80. The van der Waals surface area contributed by atoms with Crippen LogP contribution < -0.4 is 5.56 Å². The monoisotopic (exact) mass is 494 g/mol. The van der Waals surface area contributed by atoms with Crippen molar-refractivity contribution < 1.29 is 13.2 Å². The minimum absolute atomic E-state index is 0.0140. The zero-order valence-electron chi connectivity index (χ0n) is 19.4. The van der Waals surface area contributed by atoms with Crippen molar-refractivity contribution >= 4 is 11.0 Å². The van der Waals surface area contributed by atoms with Gasteiger partial charge in [0.2, 0.25) is 0 Å². The largest absolute Gasteiger partial charge is 0.433 e. The molecule has 36 heavy (non-hydrogen) atoms. The summed E-state index contributed by atoms with van der Waals surface area (Å²) in [4.78, 5) is 33.0. The molecule has 0 aromatic carbocycles. The molecule has 1 N–H and O–H groups in total. The van der Waals surface area contributed by atoms with Gasteiger partial charge >= 0.3 is 6.18 Å². The molecule has 4 heterocycles. The smallest absolute Gasteiger partial charge is 0.310 e. The molecule has 9 nitrogen and oxygen atoms in total. The summed E-state index contributed by atoms with van der Waals surface area (Å²) in [6.07, 6.45) is 2.59. The molecule has 1 saturated carbocycles. The number of aromatic amines is 1. The van der Waals surface area contributed by atoms with Gasteiger partial charge in [-0.1, -0.05) is 13.0 Å². The van der Waals surface area contributed by atoms with Crippen molar-refractivity contribution in [1.29, 1.82) is 5.26 Å². The first-order valence-corrected chi connectivity index (χ1v) is 11.5. The number of nitrogens with zero attached hydrogens (tertiary/aromatic N) is 7. The predicted octanol–water partition coefficient (Wildman–Crippen LogP) is 4.03. The van der Waals surface area contributed by atoms with E-state index in [1.54, 1.807) is 19.3 Å². The summed E-state index contributed by atoms with van der Waals surface area (Å²) in [7, 11) is 0. The van der Waals surface area contributed by atoms with E-state index in [0.29, 0.717) is 17.2 Å². The third-order valence-electron chi connectivity index (χ3n) is 6.70. The number of nitriles is 1. The van der Waals surface area contributed by atoms with Crippen LogP contribution in [0.3, 0.4) is 0 Å². The minimum atomic E-state index is -4.56. The highest BCUT2D eigenvalue weighted by Crippen LogP contribution is 2.46. The van der Waals surface area contributed by atoms with Gasteiger partial charge in [-0.2, -0.15) is 23.5 Å². The average molecular weight is 494 g/mol. The van der Waals surface area contributed by atoms with Gasteiger partial charge < -0.3 is 4.98 Å². The molecule has 1 aliphatic carbocycles. The van der Waals surface area contributed by atoms with Gasteiger partial charge in [-0.3, -0.25) is 9.78 Å². The molecule has 0 bridgehead atoms. The molecule has 4 aromatic heterocycles. The van der Waals surface area contributed by atoms with E-state index in [1.807, 2.05) is 13.0 Å². The first-order valence-electron chi connectivity index (χ1n) is 11.5. The van der Waals surface area contributed by atoms with Crippen LogP contribution >= 0.6 is 0 Å². The number of rotatable bonds is 5. The number of aromatic nitrogens is 7. The standard InChI is InChI=1S/C24H21F3N8O/c1-3-13-9-30-20(31-10-13)15-5-6-16(15)21-32-22-19(23(36)33-21)17(8-28)34-35(22)12(2)14-4-7-18(29-11-14)24(25,26)27/h4,7,9-12,15-16H,3,5-6H2,1-2H3,(H,32,33,36)/t12-,15+,16+/m0/s1. The molecule has 0 saturated heterocycles. The van der Waals surface area contributed by atoms with Gasteiger partial charge in [0.25, 0.3) is 5.56 Å². The van der Waals surface area contributed by atoms with Gasteiger partial charge in [-0.05, 0) is 43.4 Å². The fourth-order valence-corrected chi connectivity index (χ4v) is 4.42. The van der Waals surface area contributed by atoms with Crippen molar-refractivity contribution in [2.45, 2.75) is 57.2 Å². The van der Waals surface area contributed by atoms with E-state index in [2.05, 4.69) is 30.0 Å². The maximum Gasteiger partial charge on any atom is 0.433 e. The van der Waals surface area contributed by atoms with E-state index in [0.717, 1.165) is 37.1 Å². The fourth-order valence-electron chi connectivity index (χ4n) is 4.42. The summed E-state index contributed by atoms with van der Waals surface area (Å²) in [6.45, 7) is 3.71. The normalized spacial score (nSPS) is 18.6. The molecule has 3 atom stereocenters. The highest BCUT2D eigenvalue weighted by molar-refractivity contribution is 5.80. The Morgan fingerprint density at radius 1 is 1.17 bits per heavy atom. The number of pyridine rings is 1. The van der Waals surface area contributed by atoms with Crippen molar-refractivity contribution in [3.05, 3.63) is 75.2 Å². The molecular weight excluding hydrogens is 473 g/mol. The van der Waals surface area contributed by atoms with Crippen molar-refractivity contribution in [3.63, 3.8) is 0 Å². The van der Waals surface area contributed by atoms with Gasteiger partial charge in [0.1, 0.15) is 28.8 Å². The van der Waals surface area contributed by atoms with Crippen LogP contribution in [0.15, 0.2) is 35.5 Å². The van der Waals surface area contributed by atoms with Crippen molar-refractivity contribution in [2.75, 3.05) is 0 Å². The van der Waals surface area contributed by atoms with Crippen LogP contribution in [0.25, 0.3) is 11.0 Å². The maximum absolute atomic E-state index is 13.0. The van der Waals surface area contributed by atoms with Crippen LogP contribution in [0, 0.1) is 11.3 Å². The summed E-state index contributed by atoms with van der Waals surface area (Å²) in [5, 5.41) is 13.9. The Labute approximate surface area is 203 Å². The molecule has 1 aliphatic rings. The van der Waals surface area contributed by atoms with E-state index >= 15 is 0 Å². The molecular formula is C24H21F3N8O. The van der Waals surface area contributed by atoms with E-state index in [9.17, 15) is 23.2 Å². The molecule has 0 amide bonds. The van der Waals surface area contributed by atoms with Crippen LogP contribution in [0.1, 0.15) is 78.7 Å². The highest BCUT2D eigenvalue weighted by atomic mass is 19.4. The maximum atomic E-state index is 13.0. The number of halogens is 3. The molecule has 0 spiro atoms. The van der Waals surface area contributed by atoms with Crippen molar-refractivity contribution in [2.24, 2.45) is 0 Å². The quantitative estimate of drug-likeness (QED) is 0.444. The minimum Gasteiger partial charge on any atom is -0.310 e. The Morgan fingerprint density at radius 3 is 2.44 bits per heavy atom. The lowest BCUT2D eigenvalue weighted by molar-refractivity contribution is -0.141. The van der Waals surface area contributed by atoms with Gasteiger partial charge in [0, 0.05) is 30.4 Å². The third kappa shape index (κ3) is 4.00. The van der Waals surface area contributed by atoms with Crippen molar-refractivity contribution in [1.82, 2.24) is 34.7 Å². The zero-order valence-corrected chi connectivity index (χ0v) is 19.4. The summed E-state index contributed by atoms with van der Waals surface area (Å²) in [6, 6.07) is 3.47. The number of hydrogen-bond acceptors (Lipinski definition) is 7. The van der Waals surface area contributed by atoms with Crippen LogP contribution in [-0.2, 0) is 12.6 Å². The Hall–Kier alpha value is -4.14. The first-order chi connectivity index (χ1) is 17.2.